The maximum Gasteiger partial charge on any atom is 0.127 e. The largest absolute Gasteiger partial charge is 0.497 e. The molecular weight excluding hydrogens is 222 g/mol. The Morgan fingerprint density at radius 1 is 1.29 bits per heavy atom. The molecule has 0 aliphatic heterocycles. The lowest BCUT2D eigenvalue weighted by Gasteiger charge is -2.12. The SMILES string of the molecule is COc1ccc(CNC[C@@H](O)CO)c(OC)c1. The minimum absolute atomic E-state index is 0.243. The van der Waals surface area contributed by atoms with Crippen LogP contribution in [0.1, 0.15) is 5.56 Å². The Morgan fingerprint density at radius 3 is 2.65 bits per heavy atom. The van der Waals surface area contributed by atoms with Crippen LogP contribution in [-0.4, -0.2) is 43.7 Å². The monoisotopic (exact) mass is 241 g/mol. The van der Waals surface area contributed by atoms with Crippen LogP contribution in [0.4, 0.5) is 0 Å². The van der Waals surface area contributed by atoms with E-state index in [1.54, 1.807) is 20.3 Å². The van der Waals surface area contributed by atoms with Gasteiger partial charge in [0.1, 0.15) is 11.5 Å². The number of rotatable bonds is 7. The first-order valence-corrected chi connectivity index (χ1v) is 5.41. The summed E-state index contributed by atoms with van der Waals surface area (Å²) in [7, 11) is 3.20. The Kier molecular flexibility index (Phi) is 5.76. The van der Waals surface area contributed by atoms with Crippen molar-refractivity contribution in [1.82, 2.24) is 5.32 Å². The van der Waals surface area contributed by atoms with Gasteiger partial charge in [-0.3, -0.25) is 0 Å². The first kappa shape index (κ1) is 13.8. The molecule has 0 unspecified atom stereocenters. The van der Waals surface area contributed by atoms with Gasteiger partial charge < -0.3 is 25.0 Å². The maximum atomic E-state index is 9.18. The third-order valence-electron chi connectivity index (χ3n) is 2.40. The Balaban J connectivity index is 2.58. The third kappa shape index (κ3) is 4.22. The van der Waals surface area contributed by atoms with E-state index in [0.29, 0.717) is 13.1 Å². The van der Waals surface area contributed by atoms with E-state index in [2.05, 4.69) is 5.32 Å². The van der Waals surface area contributed by atoms with Gasteiger partial charge in [-0.1, -0.05) is 6.07 Å². The number of nitrogens with one attached hydrogen (secondary N) is 1. The number of aliphatic hydroxyl groups is 2. The molecule has 0 saturated heterocycles. The quantitative estimate of drug-likeness (QED) is 0.633. The normalized spacial score (nSPS) is 12.2. The minimum atomic E-state index is -0.737. The number of hydrogen-bond acceptors (Lipinski definition) is 5. The topological polar surface area (TPSA) is 71.0 Å². The average Bonchev–Trinajstić information content (AvgIpc) is 2.38. The Labute approximate surface area is 101 Å². The second kappa shape index (κ2) is 7.11. The summed E-state index contributed by atoms with van der Waals surface area (Å²) in [6.45, 7) is 0.655. The summed E-state index contributed by atoms with van der Waals surface area (Å²) >= 11 is 0. The summed E-state index contributed by atoms with van der Waals surface area (Å²) in [5.74, 6) is 1.47. The molecule has 96 valence electrons. The third-order valence-corrected chi connectivity index (χ3v) is 2.40. The van der Waals surface area contributed by atoms with E-state index in [-0.39, 0.29) is 6.61 Å². The van der Waals surface area contributed by atoms with Crippen molar-refractivity contribution in [2.24, 2.45) is 0 Å². The van der Waals surface area contributed by atoms with E-state index >= 15 is 0 Å². The van der Waals surface area contributed by atoms with E-state index in [4.69, 9.17) is 14.6 Å². The molecule has 5 nitrogen and oxygen atoms in total. The molecule has 0 heterocycles. The average molecular weight is 241 g/mol. The van der Waals surface area contributed by atoms with Crippen LogP contribution in [-0.2, 0) is 6.54 Å². The first-order valence-electron chi connectivity index (χ1n) is 5.41. The van der Waals surface area contributed by atoms with Crippen molar-refractivity contribution in [3.05, 3.63) is 23.8 Å². The highest BCUT2D eigenvalue weighted by atomic mass is 16.5. The van der Waals surface area contributed by atoms with Crippen LogP contribution in [0.25, 0.3) is 0 Å². The van der Waals surface area contributed by atoms with Gasteiger partial charge in [0.25, 0.3) is 0 Å². The Morgan fingerprint density at radius 2 is 2.06 bits per heavy atom. The van der Waals surface area contributed by atoms with Gasteiger partial charge in [0, 0.05) is 24.7 Å². The Bertz CT molecular complexity index is 343. The van der Waals surface area contributed by atoms with Crippen molar-refractivity contribution in [2.45, 2.75) is 12.6 Å². The molecule has 0 amide bonds. The molecule has 0 saturated carbocycles. The molecule has 0 aliphatic carbocycles. The number of hydrogen-bond donors (Lipinski definition) is 3. The van der Waals surface area contributed by atoms with Crippen LogP contribution in [0.5, 0.6) is 11.5 Å². The Hall–Kier alpha value is -1.30. The van der Waals surface area contributed by atoms with Gasteiger partial charge in [-0.05, 0) is 6.07 Å². The van der Waals surface area contributed by atoms with Crippen molar-refractivity contribution in [3.63, 3.8) is 0 Å². The van der Waals surface area contributed by atoms with E-state index < -0.39 is 6.10 Å². The molecule has 5 heteroatoms. The molecule has 1 atom stereocenters. The van der Waals surface area contributed by atoms with E-state index in [1.165, 1.54) is 0 Å². The zero-order valence-electron chi connectivity index (χ0n) is 10.1. The maximum absolute atomic E-state index is 9.18. The van der Waals surface area contributed by atoms with Crippen LogP contribution in [0.2, 0.25) is 0 Å². The lowest BCUT2D eigenvalue weighted by atomic mass is 10.2. The summed E-state index contributed by atoms with van der Waals surface area (Å²) in [4.78, 5) is 0. The van der Waals surface area contributed by atoms with Crippen LogP contribution < -0.4 is 14.8 Å². The molecule has 1 aromatic carbocycles. The van der Waals surface area contributed by atoms with Gasteiger partial charge in [0.2, 0.25) is 0 Å². The van der Waals surface area contributed by atoms with Gasteiger partial charge in [0.15, 0.2) is 0 Å². The molecule has 3 N–H and O–H groups in total. The first-order chi connectivity index (χ1) is 8.21. The molecular formula is C12H19NO4. The smallest absolute Gasteiger partial charge is 0.127 e. The summed E-state index contributed by atoms with van der Waals surface area (Å²) < 4.78 is 10.3. The highest BCUT2D eigenvalue weighted by molar-refractivity contribution is 5.40. The predicted molar refractivity (Wildman–Crippen MR) is 64.3 cm³/mol. The molecule has 1 aromatic rings. The van der Waals surface area contributed by atoms with Gasteiger partial charge >= 0.3 is 0 Å². The number of ether oxygens (including phenoxy) is 2. The number of methoxy groups -OCH3 is 2. The highest BCUT2D eigenvalue weighted by Gasteiger charge is 2.06. The van der Waals surface area contributed by atoms with E-state index in [1.807, 2.05) is 12.1 Å². The second-order valence-electron chi connectivity index (χ2n) is 3.65. The zero-order chi connectivity index (χ0) is 12.7. The summed E-state index contributed by atoms with van der Waals surface area (Å²) in [5.41, 5.74) is 0.971. The summed E-state index contributed by atoms with van der Waals surface area (Å²) in [6.07, 6.45) is -0.737. The molecule has 0 aromatic heterocycles. The fourth-order valence-electron chi connectivity index (χ4n) is 1.44. The van der Waals surface area contributed by atoms with Gasteiger partial charge in [-0.2, -0.15) is 0 Å². The van der Waals surface area contributed by atoms with Crippen LogP contribution in [0, 0.1) is 0 Å². The van der Waals surface area contributed by atoms with Gasteiger partial charge in [0.05, 0.1) is 26.9 Å². The fourth-order valence-corrected chi connectivity index (χ4v) is 1.44. The minimum Gasteiger partial charge on any atom is -0.497 e. The highest BCUT2D eigenvalue weighted by Crippen LogP contribution is 2.24. The van der Waals surface area contributed by atoms with Crippen molar-refractivity contribution in [2.75, 3.05) is 27.4 Å². The van der Waals surface area contributed by atoms with Crippen molar-refractivity contribution < 1.29 is 19.7 Å². The molecule has 1 rings (SSSR count). The second-order valence-corrected chi connectivity index (χ2v) is 3.65. The van der Waals surface area contributed by atoms with Crippen LogP contribution in [0.15, 0.2) is 18.2 Å². The lowest BCUT2D eigenvalue weighted by Crippen LogP contribution is -2.29. The van der Waals surface area contributed by atoms with Crippen molar-refractivity contribution >= 4 is 0 Å². The molecule has 0 spiro atoms. The van der Waals surface area contributed by atoms with E-state index in [0.717, 1.165) is 17.1 Å². The van der Waals surface area contributed by atoms with Crippen LogP contribution in [0.3, 0.4) is 0 Å². The number of benzene rings is 1. The fraction of sp³-hybridized carbons (Fsp3) is 0.500. The van der Waals surface area contributed by atoms with Gasteiger partial charge in [-0.25, -0.2) is 0 Å². The summed E-state index contributed by atoms with van der Waals surface area (Å²) in [6, 6.07) is 5.55. The molecule has 17 heavy (non-hydrogen) atoms. The molecule has 0 fully saturated rings. The standard InChI is InChI=1S/C12H19NO4/c1-16-11-4-3-9(12(5-11)17-2)6-13-7-10(15)8-14/h3-5,10,13-15H,6-8H2,1-2H3/t10-/m1/s1. The lowest BCUT2D eigenvalue weighted by molar-refractivity contribution is 0.0942. The van der Waals surface area contributed by atoms with E-state index in [9.17, 15) is 5.11 Å². The molecule has 0 radical (unpaired) electrons. The van der Waals surface area contributed by atoms with Crippen LogP contribution >= 0.6 is 0 Å². The molecule has 0 aliphatic rings. The van der Waals surface area contributed by atoms with Crippen molar-refractivity contribution in [1.29, 1.82) is 0 Å². The zero-order valence-corrected chi connectivity index (χ0v) is 10.1. The predicted octanol–water partition coefficient (Wildman–Crippen LogP) is 0.147. The van der Waals surface area contributed by atoms with Crippen molar-refractivity contribution in [3.8, 4) is 11.5 Å². The van der Waals surface area contributed by atoms with Gasteiger partial charge in [-0.15, -0.1) is 0 Å². The molecule has 0 bridgehead atoms. The number of aliphatic hydroxyl groups excluding tert-OH is 2. The summed E-state index contributed by atoms with van der Waals surface area (Å²) in [5, 5.41) is 20.9.